The molecule has 0 radical (unpaired) electrons. The number of fused-ring (bicyclic) bond motifs is 1. The molecule has 17 heavy (non-hydrogen) atoms. The Morgan fingerprint density at radius 2 is 2.18 bits per heavy atom. The van der Waals surface area contributed by atoms with Gasteiger partial charge in [0, 0.05) is 12.0 Å². The fraction of sp³-hybridized carbons (Fsp3) is 0.333. The highest BCUT2D eigenvalue weighted by Gasteiger charge is 2.22. The second-order valence-electron chi connectivity index (χ2n) is 4.15. The highest BCUT2D eigenvalue weighted by atomic mass is 35.5. The molecule has 0 fully saturated rings. The van der Waals surface area contributed by atoms with E-state index in [9.17, 15) is 5.11 Å². The smallest absolute Gasteiger partial charge is 0.182 e. The van der Waals surface area contributed by atoms with Crippen molar-refractivity contribution in [1.82, 2.24) is 14.8 Å². The zero-order chi connectivity index (χ0) is 11.8. The first-order chi connectivity index (χ1) is 8.25. The van der Waals surface area contributed by atoms with Crippen LogP contribution in [0.25, 0.3) is 11.4 Å². The summed E-state index contributed by atoms with van der Waals surface area (Å²) in [7, 11) is 0. The Hall–Kier alpha value is -1.39. The van der Waals surface area contributed by atoms with Gasteiger partial charge in [0.05, 0.1) is 5.02 Å². The second-order valence-corrected chi connectivity index (χ2v) is 4.56. The van der Waals surface area contributed by atoms with Gasteiger partial charge in [-0.3, -0.25) is 0 Å². The third-order valence-electron chi connectivity index (χ3n) is 2.96. The van der Waals surface area contributed by atoms with Crippen molar-refractivity contribution < 1.29 is 5.11 Å². The third-order valence-corrected chi connectivity index (χ3v) is 3.29. The van der Waals surface area contributed by atoms with E-state index in [1.807, 2.05) is 24.3 Å². The Kier molecular flexibility index (Phi) is 2.61. The van der Waals surface area contributed by atoms with Crippen LogP contribution in [0.3, 0.4) is 0 Å². The van der Waals surface area contributed by atoms with E-state index in [0.29, 0.717) is 10.8 Å². The molecule has 3 rings (SSSR count). The predicted molar refractivity (Wildman–Crippen MR) is 64.7 cm³/mol. The van der Waals surface area contributed by atoms with Crippen LogP contribution < -0.4 is 0 Å². The number of aliphatic hydroxyl groups is 1. The minimum atomic E-state index is -0.553. The van der Waals surface area contributed by atoms with Crippen molar-refractivity contribution in [3.05, 3.63) is 35.1 Å². The van der Waals surface area contributed by atoms with Gasteiger partial charge in [-0.05, 0) is 25.0 Å². The minimum absolute atomic E-state index is 0.553. The molecule has 2 heterocycles. The van der Waals surface area contributed by atoms with Gasteiger partial charge in [-0.15, -0.1) is 5.10 Å². The normalized spacial score (nSPS) is 19.1. The Morgan fingerprint density at radius 1 is 1.35 bits per heavy atom. The zero-order valence-corrected chi connectivity index (χ0v) is 9.93. The molecule has 5 heteroatoms. The molecule has 1 aliphatic heterocycles. The third kappa shape index (κ3) is 1.83. The lowest BCUT2D eigenvalue weighted by Crippen LogP contribution is -2.18. The summed E-state index contributed by atoms with van der Waals surface area (Å²) in [6.07, 6.45) is 1.98. The Morgan fingerprint density at radius 3 is 2.94 bits per heavy atom. The van der Waals surface area contributed by atoms with E-state index in [1.54, 1.807) is 4.68 Å². The number of hydrogen-bond donors (Lipinski definition) is 1. The zero-order valence-electron chi connectivity index (χ0n) is 9.17. The van der Waals surface area contributed by atoms with E-state index in [0.717, 1.165) is 30.7 Å². The lowest BCUT2D eigenvalue weighted by Gasteiger charge is -2.17. The predicted octanol–water partition coefficient (Wildman–Crippen LogP) is 2.43. The summed E-state index contributed by atoms with van der Waals surface area (Å²) in [5.74, 6) is 1.42. The first-order valence-electron chi connectivity index (χ1n) is 5.64. The molecule has 0 aliphatic carbocycles. The second kappa shape index (κ2) is 4.13. The van der Waals surface area contributed by atoms with Gasteiger partial charge in [0.15, 0.2) is 5.82 Å². The molecule has 0 amide bonds. The molecule has 0 saturated heterocycles. The lowest BCUT2D eigenvalue weighted by molar-refractivity contribution is 0.0648. The van der Waals surface area contributed by atoms with Crippen molar-refractivity contribution >= 4 is 11.6 Å². The Balaban J connectivity index is 2.08. The number of hydrogen-bond acceptors (Lipinski definition) is 3. The molecule has 1 aromatic heterocycles. The van der Waals surface area contributed by atoms with Crippen LogP contribution in [0.1, 0.15) is 24.9 Å². The topological polar surface area (TPSA) is 50.9 Å². The van der Waals surface area contributed by atoms with Crippen LogP contribution in [-0.2, 0) is 6.42 Å². The highest BCUT2D eigenvalue weighted by Crippen LogP contribution is 2.28. The summed E-state index contributed by atoms with van der Waals surface area (Å²) in [4.78, 5) is 4.44. The van der Waals surface area contributed by atoms with E-state index in [2.05, 4.69) is 10.1 Å². The molecular weight excluding hydrogens is 238 g/mol. The number of benzene rings is 1. The van der Waals surface area contributed by atoms with Crippen LogP contribution in [0, 0.1) is 0 Å². The summed E-state index contributed by atoms with van der Waals surface area (Å²) in [5.41, 5.74) is 0.809. The van der Waals surface area contributed by atoms with Crippen LogP contribution in [0.4, 0.5) is 0 Å². The summed E-state index contributed by atoms with van der Waals surface area (Å²) in [6.45, 7) is 0. The quantitative estimate of drug-likeness (QED) is 0.845. The SMILES string of the molecule is OC1CCCc2nc(-c3ccccc3Cl)nn21. The molecule has 2 aromatic rings. The summed E-state index contributed by atoms with van der Waals surface area (Å²) in [5, 5.41) is 14.8. The van der Waals surface area contributed by atoms with Gasteiger partial charge in [-0.1, -0.05) is 23.7 Å². The van der Waals surface area contributed by atoms with E-state index in [1.165, 1.54) is 0 Å². The van der Waals surface area contributed by atoms with Crippen LogP contribution in [0.5, 0.6) is 0 Å². The number of halogens is 1. The first-order valence-corrected chi connectivity index (χ1v) is 6.02. The summed E-state index contributed by atoms with van der Waals surface area (Å²) < 4.78 is 1.60. The van der Waals surface area contributed by atoms with Gasteiger partial charge in [-0.2, -0.15) is 0 Å². The molecule has 88 valence electrons. The number of aryl methyl sites for hydroxylation is 1. The molecular formula is C12H12ClN3O. The molecule has 1 atom stereocenters. The van der Waals surface area contributed by atoms with Crippen LogP contribution in [0.2, 0.25) is 5.02 Å². The number of rotatable bonds is 1. The van der Waals surface area contributed by atoms with Crippen LogP contribution in [0.15, 0.2) is 24.3 Å². The number of aliphatic hydroxyl groups excluding tert-OH is 1. The van der Waals surface area contributed by atoms with Gasteiger partial charge in [-0.25, -0.2) is 9.67 Å². The maximum Gasteiger partial charge on any atom is 0.182 e. The molecule has 1 aromatic carbocycles. The van der Waals surface area contributed by atoms with Crippen LogP contribution >= 0.6 is 11.6 Å². The number of aromatic nitrogens is 3. The maximum atomic E-state index is 9.82. The standard InChI is InChI=1S/C12H12ClN3O/c13-9-5-2-1-4-8(9)12-14-10-6-3-7-11(17)16(10)15-12/h1-2,4-5,11,17H,3,6-7H2. The maximum absolute atomic E-state index is 9.82. The summed E-state index contributed by atoms with van der Waals surface area (Å²) >= 11 is 6.11. The van der Waals surface area contributed by atoms with Gasteiger partial charge >= 0.3 is 0 Å². The van der Waals surface area contributed by atoms with Crippen molar-refractivity contribution in [2.45, 2.75) is 25.5 Å². The Labute approximate surface area is 104 Å². The van der Waals surface area contributed by atoms with Gasteiger partial charge < -0.3 is 5.11 Å². The monoisotopic (exact) mass is 249 g/mol. The van der Waals surface area contributed by atoms with Crippen molar-refractivity contribution in [2.75, 3.05) is 0 Å². The average molecular weight is 250 g/mol. The molecule has 0 saturated carbocycles. The van der Waals surface area contributed by atoms with E-state index < -0.39 is 6.23 Å². The molecule has 4 nitrogen and oxygen atoms in total. The van der Waals surface area contributed by atoms with E-state index in [-0.39, 0.29) is 0 Å². The molecule has 1 N–H and O–H groups in total. The van der Waals surface area contributed by atoms with Gasteiger partial charge in [0.2, 0.25) is 0 Å². The first kappa shape index (κ1) is 10.7. The fourth-order valence-corrected chi connectivity index (χ4v) is 2.31. The lowest BCUT2D eigenvalue weighted by atomic mass is 10.1. The number of nitrogens with zero attached hydrogens (tertiary/aromatic N) is 3. The Bertz CT molecular complexity index is 552. The van der Waals surface area contributed by atoms with E-state index >= 15 is 0 Å². The van der Waals surface area contributed by atoms with Crippen molar-refractivity contribution in [2.24, 2.45) is 0 Å². The van der Waals surface area contributed by atoms with E-state index in [4.69, 9.17) is 11.6 Å². The molecule has 0 bridgehead atoms. The molecule has 0 spiro atoms. The van der Waals surface area contributed by atoms with Crippen molar-refractivity contribution in [3.63, 3.8) is 0 Å². The molecule has 1 aliphatic rings. The van der Waals surface area contributed by atoms with Crippen LogP contribution in [-0.4, -0.2) is 19.9 Å². The van der Waals surface area contributed by atoms with Crippen molar-refractivity contribution in [1.29, 1.82) is 0 Å². The fourth-order valence-electron chi connectivity index (χ4n) is 2.09. The average Bonchev–Trinajstić information content (AvgIpc) is 2.75. The van der Waals surface area contributed by atoms with Gasteiger partial charge in [0.25, 0.3) is 0 Å². The molecule has 1 unspecified atom stereocenters. The highest BCUT2D eigenvalue weighted by molar-refractivity contribution is 6.33. The largest absolute Gasteiger partial charge is 0.372 e. The van der Waals surface area contributed by atoms with Gasteiger partial charge in [0.1, 0.15) is 12.1 Å². The van der Waals surface area contributed by atoms with Crippen molar-refractivity contribution in [3.8, 4) is 11.4 Å². The minimum Gasteiger partial charge on any atom is -0.372 e. The summed E-state index contributed by atoms with van der Waals surface area (Å²) in [6, 6.07) is 7.47.